The first kappa shape index (κ1) is 12.9. The Labute approximate surface area is 113 Å². The van der Waals surface area contributed by atoms with Crippen LogP contribution in [0.4, 0.5) is 0 Å². The van der Waals surface area contributed by atoms with E-state index in [0.717, 1.165) is 19.3 Å². The molecule has 4 bridgehead atoms. The van der Waals surface area contributed by atoms with E-state index < -0.39 is 16.8 Å². The summed E-state index contributed by atoms with van der Waals surface area (Å²) < 4.78 is 5.02. The smallest absolute Gasteiger partial charge is 0.311 e. The number of rotatable bonds is 2. The minimum Gasteiger partial charge on any atom is -0.481 e. The Bertz CT molecular complexity index is 449. The first-order valence-electron chi connectivity index (χ1n) is 6.99. The molecule has 2 atom stereocenters. The Balaban J connectivity index is 2.12. The van der Waals surface area contributed by atoms with Crippen LogP contribution in [-0.2, 0) is 14.3 Å². The molecule has 4 aliphatic rings. The average Bonchev–Trinajstić information content (AvgIpc) is 2.22. The van der Waals surface area contributed by atoms with Crippen molar-refractivity contribution in [2.45, 2.75) is 52.4 Å². The highest BCUT2D eigenvalue weighted by atomic mass is 16.5. The zero-order valence-electron chi connectivity index (χ0n) is 11.9. The first-order chi connectivity index (χ1) is 8.67. The summed E-state index contributed by atoms with van der Waals surface area (Å²) in [4.78, 5) is 24.1. The number of methoxy groups -OCH3 is 1. The molecular formula is C15H22O4. The Morgan fingerprint density at radius 1 is 0.895 bits per heavy atom. The zero-order chi connectivity index (χ0) is 14.1. The summed E-state index contributed by atoms with van der Waals surface area (Å²) in [5.41, 5.74) is -1.34. The molecule has 1 N–H and O–H groups in total. The molecule has 106 valence electrons. The van der Waals surface area contributed by atoms with Crippen LogP contribution in [-0.4, -0.2) is 24.2 Å². The number of aliphatic carboxylic acids is 1. The number of carboxylic acid groups (broad SMARTS) is 1. The molecule has 2 unspecified atom stereocenters. The lowest BCUT2D eigenvalue weighted by atomic mass is 9.36. The number of ether oxygens (including phenoxy) is 1. The lowest BCUT2D eigenvalue weighted by Crippen LogP contribution is -2.64. The fraction of sp³-hybridized carbons (Fsp3) is 0.867. The second-order valence-corrected chi connectivity index (χ2v) is 8.04. The second-order valence-electron chi connectivity index (χ2n) is 8.04. The molecule has 0 aromatic carbocycles. The molecule has 4 fully saturated rings. The van der Waals surface area contributed by atoms with Crippen LogP contribution in [0.15, 0.2) is 0 Å². The van der Waals surface area contributed by atoms with Crippen molar-refractivity contribution >= 4 is 11.9 Å². The van der Waals surface area contributed by atoms with Gasteiger partial charge in [0.15, 0.2) is 0 Å². The van der Waals surface area contributed by atoms with Gasteiger partial charge in [0.1, 0.15) is 0 Å². The van der Waals surface area contributed by atoms with Gasteiger partial charge >= 0.3 is 11.9 Å². The van der Waals surface area contributed by atoms with Crippen molar-refractivity contribution in [1.29, 1.82) is 0 Å². The van der Waals surface area contributed by atoms with Gasteiger partial charge in [-0.15, -0.1) is 0 Å². The van der Waals surface area contributed by atoms with Crippen LogP contribution < -0.4 is 0 Å². The molecule has 0 spiro atoms. The number of esters is 1. The quantitative estimate of drug-likeness (QED) is 0.780. The van der Waals surface area contributed by atoms with E-state index in [2.05, 4.69) is 13.8 Å². The SMILES string of the molecule is COC(=O)C12CC3(C)CC(C)(CC(C(=O)O)(C3)C1)C2. The fourth-order valence-corrected chi connectivity index (χ4v) is 6.36. The molecule has 0 aromatic heterocycles. The van der Waals surface area contributed by atoms with Crippen LogP contribution in [0.5, 0.6) is 0 Å². The Morgan fingerprint density at radius 2 is 1.37 bits per heavy atom. The number of hydrogen-bond donors (Lipinski definition) is 1. The maximum Gasteiger partial charge on any atom is 0.311 e. The van der Waals surface area contributed by atoms with Crippen molar-refractivity contribution in [1.82, 2.24) is 0 Å². The van der Waals surface area contributed by atoms with E-state index in [1.165, 1.54) is 7.11 Å². The topological polar surface area (TPSA) is 63.6 Å². The van der Waals surface area contributed by atoms with Gasteiger partial charge in [0.05, 0.1) is 17.9 Å². The van der Waals surface area contributed by atoms with Crippen molar-refractivity contribution in [2.75, 3.05) is 7.11 Å². The summed E-state index contributed by atoms with van der Waals surface area (Å²) in [6.07, 6.45) is 4.50. The largest absolute Gasteiger partial charge is 0.481 e. The Hall–Kier alpha value is -1.06. The molecule has 4 heteroatoms. The first-order valence-corrected chi connectivity index (χ1v) is 6.99. The van der Waals surface area contributed by atoms with Gasteiger partial charge in [-0.2, -0.15) is 0 Å². The third-order valence-electron chi connectivity index (χ3n) is 5.66. The number of carbonyl (C=O) groups excluding carboxylic acids is 1. The van der Waals surface area contributed by atoms with Gasteiger partial charge in [-0.25, -0.2) is 0 Å². The van der Waals surface area contributed by atoms with Crippen molar-refractivity contribution < 1.29 is 19.4 Å². The monoisotopic (exact) mass is 266 g/mol. The van der Waals surface area contributed by atoms with Crippen LogP contribution in [0.3, 0.4) is 0 Å². The zero-order valence-corrected chi connectivity index (χ0v) is 11.9. The standard InChI is InChI=1S/C15H22O4/c1-12-4-13(2)6-14(5-12,10(16)17)9-15(7-12,8-13)11(18)19-3/h4-9H2,1-3H3,(H,16,17). The third kappa shape index (κ3) is 1.58. The number of carboxylic acids is 1. The van der Waals surface area contributed by atoms with E-state index in [1.54, 1.807) is 0 Å². The molecule has 0 aliphatic heterocycles. The van der Waals surface area contributed by atoms with Gasteiger partial charge in [0.2, 0.25) is 0 Å². The predicted molar refractivity (Wildman–Crippen MR) is 68.4 cm³/mol. The number of carbonyl (C=O) groups is 2. The highest BCUT2D eigenvalue weighted by Gasteiger charge is 2.70. The molecule has 0 radical (unpaired) electrons. The third-order valence-corrected chi connectivity index (χ3v) is 5.66. The van der Waals surface area contributed by atoms with E-state index in [4.69, 9.17) is 4.74 Å². The normalized spacial score (nSPS) is 51.1. The molecular weight excluding hydrogens is 244 g/mol. The summed E-state index contributed by atoms with van der Waals surface area (Å²) in [5.74, 6) is -0.924. The summed E-state index contributed by atoms with van der Waals surface area (Å²) in [6.45, 7) is 4.30. The molecule has 0 heterocycles. The highest BCUT2D eigenvalue weighted by Crippen LogP contribution is 2.73. The fourth-order valence-electron chi connectivity index (χ4n) is 6.36. The van der Waals surface area contributed by atoms with Crippen LogP contribution in [0.1, 0.15) is 52.4 Å². The van der Waals surface area contributed by atoms with Crippen LogP contribution >= 0.6 is 0 Å². The lowest BCUT2D eigenvalue weighted by Gasteiger charge is -2.67. The lowest BCUT2D eigenvalue weighted by molar-refractivity contribution is -0.217. The maximum atomic E-state index is 12.3. The van der Waals surface area contributed by atoms with E-state index in [0.29, 0.717) is 19.3 Å². The van der Waals surface area contributed by atoms with E-state index in [-0.39, 0.29) is 16.8 Å². The molecule has 4 aliphatic carbocycles. The van der Waals surface area contributed by atoms with E-state index >= 15 is 0 Å². The van der Waals surface area contributed by atoms with Gasteiger partial charge in [-0.3, -0.25) is 9.59 Å². The Kier molecular flexibility index (Phi) is 2.27. The summed E-state index contributed by atoms with van der Waals surface area (Å²) >= 11 is 0. The van der Waals surface area contributed by atoms with Crippen molar-refractivity contribution in [3.63, 3.8) is 0 Å². The molecule has 4 saturated carbocycles. The van der Waals surface area contributed by atoms with Crippen LogP contribution in [0.2, 0.25) is 0 Å². The maximum absolute atomic E-state index is 12.3. The molecule has 4 rings (SSSR count). The summed E-state index contributed by atoms with van der Waals surface area (Å²) in [7, 11) is 1.42. The molecule has 19 heavy (non-hydrogen) atoms. The molecule has 0 amide bonds. The molecule has 0 saturated heterocycles. The van der Waals surface area contributed by atoms with E-state index in [9.17, 15) is 14.7 Å². The number of hydrogen-bond acceptors (Lipinski definition) is 3. The van der Waals surface area contributed by atoms with Crippen LogP contribution in [0, 0.1) is 21.7 Å². The van der Waals surface area contributed by atoms with Gasteiger partial charge in [-0.1, -0.05) is 13.8 Å². The summed E-state index contributed by atoms with van der Waals surface area (Å²) in [6, 6.07) is 0. The highest BCUT2D eigenvalue weighted by molar-refractivity contribution is 5.82. The predicted octanol–water partition coefficient (Wildman–Crippen LogP) is 2.61. The second kappa shape index (κ2) is 3.33. The van der Waals surface area contributed by atoms with E-state index in [1.807, 2.05) is 0 Å². The minimum atomic E-state index is -0.725. The minimum absolute atomic E-state index is 0.0317. The van der Waals surface area contributed by atoms with Crippen molar-refractivity contribution in [2.24, 2.45) is 21.7 Å². The summed E-state index contributed by atoms with van der Waals surface area (Å²) in [5, 5.41) is 9.72. The van der Waals surface area contributed by atoms with Gasteiger partial charge in [-0.05, 0) is 49.4 Å². The average molecular weight is 266 g/mol. The van der Waals surface area contributed by atoms with Gasteiger partial charge in [0.25, 0.3) is 0 Å². The molecule has 0 aromatic rings. The van der Waals surface area contributed by atoms with Gasteiger partial charge in [0, 0.05) is 0 Å². The molecule has 4 nitrogen and oxygen atoms in total. The van der Waals surface area contributed by atoms with Crippen molar-refractivity contribution in [3.8, 4) is 0 Å². The Morgan fingerprint density at radius 3 is 1.79 bits per heavy atom. The van der Waals surface area contributed by atoms with Crippen molar-refractivity contribution in [3.05, 3.63) is 0 Å². The van der Waals surface area contributed by atoms with Gasteiger partial charge < -0.3 is 9.84 Å². The van der Waals surface area contributed by atoms with Crippen LogP contribution in [0.25, 0.3) is 0 Å².